The first kappa shape index (κ1) is 12.9. The molecule has 0 unspecified atom stereocenters. The number of hydrogen-bond donors (Lipinski definition) is 0. The van der Waals surface area contributed by atoms with E-state index in [1.807, 2.05) is 0 Å². The van der Waals surface area contributed by atoms with Crippen LogP contribution in [0.25, 0.3) is 0 Å². The third-order valence-corrected chi connectivity index (χ3v) is 3.43. The van der Waals surface area contributed by atoms with Gasteiger partial charge >= 0.3 is 0 Å². The molecule has 1 heteroatoms. The Hall–Kier alpha value is -1.50. The summed E-state index contributed by atoms with van der Waals surface area (Å²) in [6.07, 6.45) is 1.10. The van der Waals surface area contributed by atoms with E-state index in [1.54, 1.807) is 0 Å². The largest absolute Gasteiger partial charge is 0.348 e. The maximum absolute atomic E-state index is 2.45. The van der Waals surface area contributed by atoms with Gasteiger partial charge in [-0.05, 0) is 31.0 Å². The van der Waals surface area contributed by atoms with Crippen molar-refractivity contribution in [3.05, 3.63) is 59.4 Å². The molecule has 0 bridgehead atoms. The Bertz CT molecular complexity index is 500. The summed E-state index contributed by atoms with van der Waals surface area (Å²) in [6, 6.07) is 15.2. The second-order valence-electron chi connectivity index (χ2n) is 6.00. The van der Waals surface area contributed by atoms with Crippen molar-refractivity contribution < 1.29 is 0 Å². The van der Waals surface area contributed by atoms with Crippen molar-refractivity contribution in [2.45, 2.75) is 46.1 Å². The van der Waals surface area contributed by atoms with Gasteiger partial charge in [0.15, 0.2) is 0 Å². The van der Waals surface area contributed by atoms with Gasteiger partial charge in [0, 0.05) is 23.3 Å². The molecule has 0 fully saturated rings. The molecule has 0 amide bonds. The number of hydrogen-bond acceptors (Lipinski definition) is 0. The highest BCUT2D eigenvalue weighted by atomic mass is 15.0. The Labute approximate surface area is 110 Å². The van der Waals surface area contributed by atoms with Gasteiger partial charge in [-0.2, -0.15) is 0 Å². The zero-order valence-corrected chi connectivity index (χ0v) is 11.9. The van der Waals surface area contributed by atoms with Crippen molar-refractivity contribution in [1.82, 2.24) is 4.57 Å². The van der Waals surface area contributed by atoms with E-state index >= 15 is 0 Å². The molecule has 0 aliphatic carbocycles. The number of rotatable bonds is 3. The van der Waals surface area contributed by atoms with Crippen LogP contribution in [0.4, 0.5) is 0 Å². The molecule has 96 valence electrons. The van der Waals surface area contributed by atoms with E-state index in [2.05, 4.69) is 74.7 Å². The Kier molecular flexibility index (Phi) is 3.60. The van der Waals surface area contributed by atoms with Gasteiger partial charge in [-0.3, -0.25) is 0 Å². The van der Waals surface area contributed by atoms with Crippen LogP contribution in [0.3, 0.4) is 0 Å². The minimum absolute atomic E-state index is 0.213. The van der Waals surface area contributed by atoms with Crippen LogP contribution < -0.4 is 0 Å². The van der Waals surface area contributed by atoms with Gasteiger partial charge in [0.1, 0.15) is 0 Å². The molecule has 18 heavy (non-hydrogen) atoms. The molecule has 1 nitrogen and oxygen atoms in total. The summed E-state index contributed by atoms with van der Waals surface area (Å²) in [5, 5.41) is 0. The minimum Gasteiger partial charge on any atom is -0.348 e. The fourth-order valence-electron chi connectivity index (χ4n) is 2.41. The Morgan fingerprint density at radius 3 is 2.22 bits per heavy atom. The molecule has 1 aromatic carbocycles. The summed E-state index contributed by atoms with van der Waals surface area (Å²) in [5.41, 5.74) is 4.41. The van der Waals surface area contributed by atoms with Gasteiger partial charge in [-0.1, -0.05) is 51.1 Å². The standard InChI is InChI=1S/C17H23N/c1-14-10-11-16(17(2,3)4)18(14)13-12-15-8-6-5-7-9-15/h5-11H,12-13H2,1-4H3. The SMILES string of the molecule is Cc1ccc(C(C)(C)C)n1CCc1ccccc1. The van der Waals surface area contributed by atoms with Crippen LogP contribution >= 0.6 is 0 Å². The fourth-order valence-corrected chi connectivity index (χ4v) is 2.41. The van der Waals surface area contributed by atoms with E-state index in [4.69, 9.17) is 0 Å². The molecule has 1 aromatic heterocycles. The molecule has 0 spiro atoms. The summed E-state index contributed by atoms with van der Waals surface area (Å²) in [7, 11) is 0. The fraction of sp³-hybridized carbons (Fsp3) is 0.412. The second kappa shape index (κ2) is 5.01. The molecule has 2 rings (SSSR count). The van der Waals surface area contributed by atoms with E-state index in [0.29, 0.717) is 0 Å². The molecule has 0 atom stereocenters. The van der Waals surface area contributed by atoms with E-state index in [1.165, 1.54) is 17.0 Å². The Balaban J connectivity index is 2.17. The number of aryl methyl sites for hydroxylation is 2. The average molecular weight is 241 g/mol. The lowest BCUT2D eigenvalue weighted by molar-refractivity contribution is 0.511. The first-order valence-corrected chi connectivity index (χ1v) is 6.69. The molecule has 0 saturated heterocycles. The average Bonchev–Trinajstić information content (AvgIpc) is 2.69. The Morgan fingerprint density at radius 1 is 0.944 bits per heavy atom. The van der Waals surface area contributed by atoms with Crippen molar-refractivity contribution >= 4 is 0 Å². The zero-order valence-electron chi connectivity index (χ0n) is 11.9. The van der Waals surface area contributed by atoms with Crippen molar-refractivity contribution in [3.63, 3.8) is 0 Å². The predicted octanol–water partition coefficient (Wildman–Crippen LogP) is 4.34. The lowest BCUT2D eigenvalue weighted by Crippen LogP contribution is -2.19. The van der Waals surface area contributed by atoms with Gasteiger partial charge in [0.05, 0.1) is 0 Å². The third kappa shape index (κ3) is 2.84. The van der Waals surface area contributed by atoms with Crippen molar-refractivity contribution in [3.8, 4) is 0 Å². The van der Waals surface area contributed by atoms with E-state index in [9.17, 15) is 0 Å². The highest BCUT2D eigenvalue weighted by Gasteiger charge is 2.18. The van der Waals surface area contributed by atoms with E-state index in [-0.39, 0.29) is 5.41 Å². The summed E-state index contributed by atoms with van der Waals surface area (Å²) in [6.45, 7) is 10.1. The summed E-state index contributed by atoms with van der Waals surface area (Å²) in [5.74, 6) is 0. The zero-order chi connectivity index (χ0) is 13.2. The second-order valence-corrected chi connectivity index (χ2v) is 6.00. The van der Waals surface area contributed by atoms with Crippen LogP contribution in [0.2, 0.25) is 0 Å². The summed E-state index contributed by atoms with van der Waals surface area (Å²) in [4.78, 5) is 0. The lowest BCUT2D eigenvalue weighted by Gasteiger charge is -2.22. The normalized spacial score (nSPS) is 11.8. The molecule has 0 N–H and O–H groups in total. The van der Waals surface area contributed by atoms with Crippen molar-refractivity contribution in [1.29, 1.82) is 0 Å². The molecule has 1 heterocycles. The molecule has 0 aliphatic heterocycles. The van der Waals surface area contributed by atoms with E-state index in [0.717, 1.165) is 13.0 Å². The first-order chi connectivity index (χ1) is 8.48. The third-order valence-electron chi connectivity index (χ3n) is 3.43. The van der Waals surface area contributed by atoms with Crippen molar-refractivity contribution in [2.24, 2.45) is 0 Å². The van der Waals surface area contributed by atoms with Gasteiger partial charge in [-0.15, -0.1) is 0 Å². The van der Waals surface area contributed by atoms with Crippen LogP contribution in [0.1, 0.15) is 37.7 Å². The predicted molar refractivity (Wildman–Crippen MR) is 78.0 cm³/mol. The molecule has 2 aromatic rings. The minimum atomic E-state index is 0.213. The molecular formula is C17H23N. The summed E-state index contributed by atoms with van der Waals surface area (Å²) >= 11 is 0. The molecule has 0 aliphatic rings. The maximum atomic E-state index is 2.45. The number of benzene rings is 1. The van der Waals surface area contributed by atoms with E-state index < -0.39 is 0 Å². The topological polar surface area (TPSA) is 4.93 Å². The van der Waals surface area contributed by atoms with Gasteiger partial charge < -0.3 is 4.57 Å². The maximum Gasteiger partial charge on any atom is 0.0265 e. The summed E-state index contributed by atoms with van der Waals surface area (Å²) < 4.78 is 2.45. The molecular weight excluding hydrogens is 218 g/mol. The quantitative estimate of drug-likeness (QED) is 0.753. The molecule has 0 radical (unpaired) electrons. The van der Waals surface area contributed by atoms with Gasteiger partial charge in [0.25, 0.3) is 0 Å². The van der Waals surface area contributed by atoms with Crippen LogP contribution in [0.15, 0.2) is 42.5 Å². The number of aromatic nitrogens is 1. The van der Waals surface area contributed by atoms with Gasteiger partial charge in [-0.25, -0.2) is 0 Å². The molecule has 0 saturated carbocycles. The van der Waals surface area contributed by atoms with Gasteiger partial charge in [0.2, 0.25) is 0 Å². The highest BCUT2D eigenvalue weighted by Crippen LogP contribution is 2.24. The number of nitrogens with zero attached hydrogens (tertiary/aromatic N) is 1. The van der Waals surface area contributed by atoms with Crippen molar-refractivity contribution in [2.75, 3.05) is 0 Å². The monoisotopic (exact) mass is 241 g/mol. The smallest absolute Gasteiger partial charge is 0.0265 e. The van der Waals surface area contributed by atoms with Crippen LogP contribution in [-0.2, 0) is 18.4 Å². The van der Waals surface area contributed by atoms with Crippen LogP contribution in [-0.4, -0.2) is 4.57 Å². The Morgan fingerprint density at radius 2 is 1.61 bits per heavy atom. The van der Waals surface area contributed by atoms with Crippen LogP contribution in [0.5, 0.6) is 0 Å². The lowest BCUT2D eigenvalue weighted by atomic mass is 9.92. The van der Waals surface area contributed by atoms with Crippen LogP contribution in [0, 0.1) is 6.92 Å². The highest BCUT2D eigenvalue weighted by molar-refractivity contribution is 5.22. The first-order valence-electron chi connectivity index (χ1n) is 6.69.